The lowest BCUT2D eigenvalue weighted by Crippen LogP contribution is -2.47. The standard InChI is InChI=1S/C19H23N7/c1-15(2)19-20-9-7-17(23-19)25-13-11-24(12-14-25)16-5-3-6-18(22-16)26-10-4-8-21-26/h3-10,15H,11-14H2,1-2H3. The van der Waals surface area contributed by atoms with E-state index in [1.165, 1.54) is 0 Å². The summed E-state index contributed by atoms with van der Waals surface area (Å²) >= 11 is 0. The maximum absolute atomic E-state index is 4.76. The normalized spacial score (nSPS) is 14.9. The van der Waals surface area contributed by atoms with Crippen molar-refractivity contribution in [2.24, 2.45) is 0 Å². The zero-order valence-electron chi connectivity index (χ0n) is 15.2. The highest BCUT2D eigenvalue weighted by Crippen LogP contribution is 2.20. The minimum absolute atomic E-state index is 0.338. The number of aromatic nitrogens is 5. The van der Waals surface area contributed by atoms with Gasteiger partial charge in [-0.2, -0.15) is 5.10 Å². The molecule has 4 heterocycles. The van der Waals surface area contributed by atoms with Crippen LogP contribution in [0.3, 0.4) is 0 Å². The maximum Gasteiger partial charge on any atom is 0.155 e. The molecule has 0 atom stereocenters. The number of hydrogen-bond donors (Lipinski definition) is 0. The molecular formula is C19H23N7. The number of nitrogens with zero attached hydrogens (tertiary/aromatic N) is 7. The monoisotopic (exact) mass is 349 g/mol. The van der Waals surface area contributed by atoms with Crippen LogP contribution >= 0.6 is 0 Å². The molecule has 134 valence electrons. The lowest BCUT2D eigenvalue weighted by Gasteiger charge is -2.36. The molecule has 1 saturated heterocycles. The van der Waals surface area contributed by atoms with Gasteiger partial charge in [-0.25, -0.2) is 19.6 Å². The molecule has 26 heavy (non-hydrogen) atoms. The Kier molecular flexibility index (Phi) is 4.51. The fourth-order valence-electron chi connectivity index (χ4n) is 3.10. The summed E-state index contributed by atoms with van der Waals surface area (Å²) in [5.41, 5.74) is 0. The highest BCUT2D eigenvalue weighted by molar-refractivity contribution is 5.46. The quantitative estimate of drug-likeness (QED) is 0.721. The van der Waals surface area contributed by atoms with Crippen molar-refractivity contribution in [3.05, 3.63) is 54.7 Å². The van der Waals surface area contributed by atoms with E-state index < -0.39 is 0 Å². The molecule has 1 aliphatic heterocycles. The van der Waals surface area contributed by atoms with Crippen molar-refractivity contribution in [2.45, 2.75) is 19.8 Å². The minimum Gasteiger partial charge on any atom is -0.353 e. The second kappa shape index (κ2) is 7.11. The van der Waals surface area contributed by atoms with Crippen LogP contribution in [-0.2, 0) is 0 Å². The summed E-state index contributed by atoms with van der Waals surface area (Å²) in [6.45, 7) is 7.90. The predicted octanol–water partition coefficient (Wildman–Crippen LogP) is 2.51. The summed E-state index contributed by atoms with van der Waals surface area (Å²) < 4.78 is 1.79. The summed E-state index contributed by atoms with van der Waals surface area (Å²) in [5, 5.41) is 4.26. The highest BCUT2D eigenvalue weighted by Gasteiger charge is 2.20. The van der Waals surface area contributed by atoms with Crippen LogP contribution in [-0.4, -0.2) is 50.9 Å². The fraction of sp³-hybridized carbons (Fsp3) is 0.368. The molecule has 0 aliphatic carbocycles. The van der Waals surface area contributed by atoms with Crippen LogP contribution in [0.5, 0.6) is 0 Å². The first kappa shape index (κ1) is 16.5. The highest BCUT2D eigenvalue weighted by atomic mass is 15.3. The third-order valence-electron chi connectivity index (χ3n) is 4.56. The third-order valence-corrected chi connectivity index (χ3v) is 4.56. The molecular weight excluding hydrogens is 326 g/mol. The minimum atomic E-state index is 0.338. The Labute approximate surface area is 153 Å². The lowest BCUT2D eigenvalue weighted by molar-refractivity contribution is 0.635. The first-order valence-corrected chi connectivity index (χ1v) is 9.00. The molecule has 4 rings (SSSR count). The fourth-order valence-corrected chi connectivity index (χ4v) is 3.10. The van der Waals surface area contributed by atoms with Crippen LogP contribution in [0, 0.1) is 0 Å². The molecule has 1 aliphatic rings. The first-order chi connectivity index (χ1) is 12.7. The molecule has 1 fully saturated rings. The Balaban J connectivity index is 1.46. The van der Waals surface area contributed by atoms with Gasteiger partial charge < -0.3 is 9.80 Å². The van der Waals surface area contributed by atoms with E-state index in [4.69, 9.17) is 9.97 Å². The molecule has 7 nitrogen and oxygen atoms in total. The topological polar surface area (TPSA) is 63.0 Å². The Hall–Kier alpha value is -2.96. The van der Waals surface area contributed by atoms with E-state index in [1.54, 1.807) is 10.9 Å². The van der Waals surface area contributed by atoms with Crippen LogP contribution in [0.1, 0.15) is 25.6 Å². The molecule has 0 bridgehead atoms. The van der Waals surface area contributed by atoms with Gasteiger partial charge in [0.15, 0.2) is 5.82 Å². The Bertz CT molecular complexity index is 852. The lowest BCUT2D eigenvalue weighted by atomic mass is 10.2. The van der Waals surface area contributed by atoms with Gasteiger partial charge in [0.1, 0.15) is 17.5 Å². The number of rotatable bonds is 4. The number of piperazine rings is 1. The van der Waals surface area contributed by atoms with Crippen molar-refractivity contribution >= 4 is 11.6 Å². The van der Waals surface area contributed by atoms with Gasteiger partial charge in [-0.05, 0) is 24.3 Å². The molecule has 3 aromatic rings. The SMILES string of the molecule is CC(C)c1nccc(N2CCN(c3cccc(-n4cccn4)n3)CC2)n1. The molecule has 0 aromatic carbocycles. The van der Waals surface area contributed by atoms with Gasteiger partial charge in [0.25, 0.3) is 0 Å². The van der Waals surface area contributed by atoms with E-state index in [2.05, 4.69) is 39.8 Å². The number of hydrogen-bond acceptors (Lipinski definition) is 6. The summed E-state index contributed by atoms with van der Waals surface area (Å²) in [6, 6.07) is 9.97. The van der Waals surface area contributed by atoms with Crippen LogP contribution in [0.2, 0.25) is 0 Å². The zero-order valence-corrected chi connectivity index (χ0v) is 15.2. The van der Waals surface area contributed by atoms with E-state index in [-0.39, 0.29) is 0 Å². The molecule has 7 heteroatoms. The second-order valence-corrected chi connectivity index (χ2v) is 6.71. The Morgan fingerprint density at radius 2 is 1.50 bits per heavy atom. The summed E-state index contributed by atoms with van der Waals surface area (Å²) in [4.78, 5) is 18.5. The van der Waals surface area contributed by atoms with Crippen LogP contribution in [0.15, 0.2) is 48.9 Å². The van der Waals surface area contributed by atoms with Gasteiger partial charge in [-0.15, -0.1) is 0 Å². The van der Waals surface area contributed by atoms with Gasteiger partial charge >= 0.3 is 0 Å². The van der Waals surface area contributed by atoms with Gasteiger partial charge in [0, 0.05) is 50.7 Å². The smallest absolute Gasteiger partial charge is 0.155 e. The van der Waals surface area contributed by atoms with Gasteiger partial charge in [0.05, 0.1) is 0 Å². The molecule has 0 unspecified atom stereocenters. The number of pyridine rings is 1. The molecule has 0 N–H and O–H groups in total. The van der Waals surface area contributed by atoms with E-state index in [0.717, 1.165) is 49.5 Å². The molecule has 0 radical (unpaired) electrons. The largest absolute Gasteiger partial charge is 0.353 e. The average Bonchev–Trinajstić information content (AvgIpc) is 3.23. The molecule has 0 amide bonds. The van der Waals surface area contributed by atoms with Crippen molar-refractivity contribution in [3.8, 4) is 5.82 Å². The van der Waals surface area contributed by atoms with E-state index in [1.807, 2.05) is 36.7 Å². The van der Waals surface area contributed by atoms with Gasteiger partial charge in [0.2, 0.25) is 0 Å². The Morgan fingerprint density at radius 1 is 0.808 bits per heavy atom. The van der Waals surface area contributed by atoms with Crippen molar-refractivity contribution < 1.29 is 0 Å². The van der Waals surface area contributed by atoms with Crippen molar-refractivity contribution in [1.29, 1.82) is 0 Å². The summed E-state index contributed by atoms with van der Waals surface area (Å²) in [6.07, 6.45) is 5.53. The molecule has 3 aromatic heterocycles. The maximum atomic E-state index is 4.76. The summed E-state index contributed by atoms with van der Waals surface area (Å²) in [5.74, 6) is 4.08. The first-order valence-electron chi connectivity index (χ1n) is 9.00. The molecule has 0 spiro atoms. The number of anilines is 2. The summed E-state index contributed by atoms with van der Waals surface area (Å²) in [7, 11) is 0. The van der Waals surface area contributed by atoms with Crippen LogP contribution in [0.25, 0.3) is 5.82 Å². The van der Waals surface area contributed by atoms with E-state index >= 15 is 0 Å². The zero-order chi connectivity index (χ0) is 17.9. The van der Waals surface area contributed by atoms with Gasteiger partial charge in [-0.1, -0.05) is 19.9 Å². The average molecular weight is 349 g/mol. The van der Waals surface area contributed by atoms with Crippen LogP contribution in [0.4, 0.5) is 11.6 Å². The van der Waals surface area contributed by atoms with Crippen molar-refractivity contribution in [3.63, 3.8) is 0 Å². The predicted molar refractivity (Wildman–Crippen MR) is 102 cm³/mol. The third kappa shape index (κ3) is 3.37. The van der Waals surface area contributed by atoms with Crippen molar-refractivity contribution in [1.82, 2.24) is 24.7 Å². The van der Waals surface area contributed by atoms with Crippen molar-refractivity contribution in [2.75, 3.05) is 36.0 Å². The van der Waals surface area contributed by atoms with E-state index in [9.17, 15) is 0 Å². The second-order valence-electron chi connectivity index (χ2n) is 6.71. The van der Waals surface area contributed by atoms with Crippen LogP contribution < -0.4 is 9.80 Å². The Morgan fingerprint density at radius 3 is 2.15 bits per heavy atom. The van der Waals surface area contributed by atoms with E-state index in [0.29, 0.717) is 5.92 Å². The van der Waals surface area contributed by atoms with Gasteiger partial charge in [-0.3, -0.25) is 0 Å². The molecule has 0 saturated carbocycles.